The van der Waals surface area contributed by atoms with Crippen molar-refractivity contribution in [3.8, 4) is 11.5 Å². The van der Waals surface area contributed by atoms with E-state index in [4.69, 9.17) is 4.42 Å². The van der Waals surface area contributed by atoms with Gasteiger partial charge in [0.2, 0.25) is 5.43 Å². The fourth-order valence-corrected chi connectivity index (χ4v) is 7.33. The van der Waals surface area contributed by atoms with Crippen LogP contribution in [-0.4, -0.2) is 40.2 Å². The molecule has 0 spiro atoms. The van der Waals surface area contributed by atoms with Crippen LogP contribution in [0.4, 0.5) is 13.2 Å². The number of aromatic hydroxyl groups is 1. The summed E-state index contributed by atoms with van der Waals surface area (Å²) in [6, 6.07) is 35.7. The van der Waals surface area contributed by atoms with Gasteiger partial charge in [0.15, 0.2) is 0 Å². The Balaban J connectivity index is 0.000000177. The summed E-state index contributed by atoms with van der Waals surface area (Å²) in [6.45, 7) is 5.65. The van der Waals surface area contributed by atoms with Crippen LogP contribution >= 0.6 is 0 Å². The molecule has 276 valence electrons. The van der Waals surface area contributed by atoms with Gasteiger partial charge in [-0.25, -0.2) is 4.79 Å². The predicted molar refractivity (Wildman–Crippen MR) is 206 cm³/mol. The van der Waals surface area contributed by atoms with Gasteiger partial charge >= 0.3 is 21.6 Å². The summed E-state index contributed by atoms with van der Waals surface area (Å²) in [5.74, 6) is -0.826. The molecule has 13 heteroatoms. The first-order chi connectivity index (χ1) is 24.5. The molecule has 8 nitrogen and oxygen atoms in total. The van der Waals surface area contributed by atoms with Crippen molar-refractivity contribution in [2.45, 2.75) is 32.6 Å². The number of hydrogen-bond acceptors (Lipinski definition) is 8. The normalized spacial score (nSPS) is 11.5. The maximum absolute atomic E-state index is 12.5. The van der Waals surface area contributed by atoms with E-state index in [2.05, 4.69) is 8.92 Å². The summed E-state index contributed by atoms with van der Waals surface area (Å²) in [6.07, 6.45) is 0. The molecule has 7 aromatic rings. The smallest absolute Gasteiger partial charge is 0.507 e. The summed E-state index contributed by atoms with van der Waals surface area (Å²) in [5, 5.41) is 15.3. The van der Waals surface area contributed by atoms with Crippen molar-refractivity contribution in [2.75, 3.05) is 7.11 Å². The number of carbonyl (C=O) groups is 1. The van der Waals surface area contributed by atoms with Crippen LogP contribution in [-0.2, 0) is 14.9 Å². The van der Waals surface area contributed by atoms with Crippen LogP contribution in [0.15, 0.2) is 131 Å². The predicted octanol–water partition coefficient (Wildman–Crippen LogP) is 9.53. The number of phenols is 1. The molecule has 53 heavy (non-hydrogen) atoms. The van der Waals surface area contributed by atoms with Crippen molar-refractivity contribution in [1.82, 2.24) is 0 Å². The summed E-state index contributed by atoms with van der Waals surface area (Å²) < 4.78 is 73.3. The Labute approximate surface area is 305 Å². The third kappa shape index (κ3) is 9.05. The van der Waals surface area contributed by atoms with Crippen molar-refractivity contribution in [1.29, 1.82) is 0 Å². The molecule has 0 aliphatic heterocycles. The van der Waals surface area contributed by atoms with Crippen LogP contribution in [0, 0.1) is 0 Å². The summed E-state index contributed by atoms with van der Waals surface area (Å²) in [7, 11) is -6.32. The number of carbonyl (C=O) groups excluding carboxylic acids is 1. The number of esters is 1. The molecule has 0 saturated carbocycles. The van der Waals surface area contributed by atoms with Gasteiger partial charge in [-0.05, 0) is 69.2 Å². The van der Waals surface area contributed by atoms with Crippen LogP contribution in [0.5, 0.6) is 11.5 Å². The largest absolute Gasteiger partial charge is 0.534 e. The van der Waals surface area contributed by atoms with E-state index in [-0.39, 0.29) is 29.9 Å². The van der Waals surface area contributed by atoms with Crippen molar-refractivity contribution in [2.24, 2.45) is 0 Å². The van der Waals surface area contributed by atoms with Gasteiger partial charge in [0, 0.05) is 0 Å². The van der Waals surface area contributed by atoms with Gasteiger partial charge in [-0.1, -0.05) is 106 Å². The van der Waals surface area contributed by atoms with Crippen molar-refractivity contribution < 1.29 is 44.8 Å². The number of phenolic OH excluding ortho intramolecular Hbond substituents is 1. The lowest BCUT2D eigenvalue weighted by molar-refractivity contribution is -0.0499. The molecule has 0 atom stereocenters. The zero-order chi connectivity index (χ0) is 37.8. The third-order valence-corrected chi connectivity index (χ3v) is 10.9. The van der Waals surface area contributed by atoms with E-state index in [1.165, 1.54) is 19.2 Å². The second-order valence-corrected chi connectivity index (χ2v) is 19.1. The second kappa shape index (κ2) is 15.9. The highest BCUT2D eigenvalue weighted by atomic mass is 32.2. The van der Waals surface area contributed by atoms with Crippen LogP contribution in [0.25, 0.3) is 43.5 Å². The van der Waals surface area contributed by atoms with Crippen LogP contribution in [0.2, 0.25) is 19.6 Å². The van der Waals surface area contributed by atoms with Gasteiger partial charge in [-0.15, -0.1) is 0 Å². The standard InChI is InChI=1S/C17H10O2.C12H10O3.C10H13F3O3SSi.CH4/c18-17-13-7-3-4-8-15(13)19-16-10-12-6-2-1-5-11(12)9-14(16)17;1-15-12(14)10-6-8-4-2-3-5-9(8)7-11(10)13;1-18(2,3)9-7-5-4-6-8(9)16-17(14,15)10(11,12)13;/h1-10H;2-7,13H,1H3;4-7H,1-3H3;1H4. The first kappa shape index (κ1) is 40.1. The minimum Gasteiger partial charge on any atom is -0.507 e. The summed E-state index contributed by atoms with van der Waals surface area (Å²) >= 11 is 0. The van der Waals surface area contributed by atoms with Gasteiger partial charge in [0.25, 0.3) is 0 Å². The third-order valence-electron chi connectivity index (χ3n) is 7.89. The number of benzene rings is 6. The molecular weight excluding hydrogens is 726 g/mol. The number of hydrogen-bond donors (Lipinski definition) is 1. The highest BCUT2D eigenvalue weighted by Gasteiger charge is 2.49. The first-order valence-electron chi connectivity index (χ1n) is 15.7. The van der Waals surface area contributed by atoms with E-state index in [1.807, 2.05) is 98.5 Å². The fraction of sp³-hybridized carbons (Fsp3) is 0.150. The molecule has 0 amide bonds. The van der Waals surface area contributed by atoms with Crippen molar-refractivity contribution in [3.63, 3.8) is 0 Å². The second-order valence-electron chi connectivity index (χ2n) is 12.6. The zero-order valence-electron chi connectivity index (χ0n) is 28.4. The van der Waals surface area contributed by atoms with Gasteiger partial charge in [-0.3, -0.25) is 4.79 Å². The number of methoxy groups -OCH3 is 1. The lowest BCUT2D eigenvalue weighted by atomic mass is 10.1. The SMILES string of the molecule is C.COC(=O)c1cc2ccccc2cc1O.C[Si](C)(C)c1ccccc1OS(=O)(=O)C(F)(F)F.O=c1c2ccccc2oc2cc3ccccc3cc12. The van der Waals surface area contributed by atoms with Crippen molar-refractivity contribution in [3.05, 3.63) is 137 Å². The summed E-state index contributed by atoms with van der Waals surface area (Å²) in [5.41, 5.74) is -3.92. The maximum atomic E-state index is 12.5. The average molecular weight is 763 g/mol. The lowest BCUT2D eigenvalue weighted by Crippen LogP contribution is -2.40. The van der Waals surface area contributed by atoms with Crippen LogP contribution < -0.4 is 14.8 Å². The molecule has 7 rings (SSSR count). The Kier molecular flexibility index (Phi) is 12.1. The maximum Gasteiger partial charge on any atom is 0.534 e. The van der Waals surface area contributed by atoms with E-state index in [0.29, 0.717) is 27.1 Å². The van der Waals surface area contributed by atoms with Crippen molar-refractivity contribution >= 4 is 72.8 Å². The van der Waals surface area contributed by atoms with E-state index in [1.54, 1.807) is 30.3 Å². The highest BCUT2D eigenvalue weighted by Crippen LogP contribution is 2.28. The number of ether oxygens (including phenoxy) is 1. The minimum absolute atomic E-state index is 0. The molecule has 1 heterocycles. The van der Waals surface area contributed by atoms with E-state index < -0.39 is 29.7 Å². The Morgan fingerprint density at radius 2 is 1.23 bits per heavy atom. The molecular formula is C40H37F3O8SSi. The van der Waals surface area contributed by atoms with Gasteiger partial charge in [-0.2, -0.15) is 21.6 Å². The number of rotatable bonds is 4. The van der Waals surface area contributed by atoms with E-state index >= 15 is 0 Å². The fourth-order valence-electron chi connectivity index (χ4n) is 5.31. The molecule has 6 aromatic carbocycles. The molecule has 0 radical (unpaired) electrons. The quantitative estimate of drug-likeness (QED) is 0.0619. The Bertz CT molecular complexity index is 2590. The molecule has 0 unspecified atom stereocenters. The molecule has 0 saturated heterocycles. The number of alkyl halides is 3. The molecule has 0 bridgehead atoms. The van der Waals surface area contributed by atoms with Gasteiger partial charge < -0.3 is 18.4 Å². The number of halogens is 3. The van der Waals surface area contributed by atoms with Gasteiger partial charge in [0.05, 0.1) is 26.0 Å². The zero-order valence-corrected chi connectivity index (χ0v) is 30.2. The monoisotopic (exact) mass is 762 g/mol. The molecule has 0 aliphatic rings. The Morgan fingerprint density at radius 3 is 1.81 bits per heavy atom. The topological polar surface area (TPSA) is 120 Å². The highest BCUT2D eigenvalue weighted by molar-refractivity contribution is 7.88. The average Bonchev–Trinajstić information content (AvgIpc) is 3.10. The summed E-state index contributed by atoms with van der Waals surface area (Å²) in [4.78, 5) is 23.8. The van der Waals surface area contributed by atoms with Gasteiger partial charge in [0.1, 0.15) is 28.2 Å². The lowest BCUT2D eigenvalue weighted by Gasteiger charge is -2.20. The molecule has 0 fully saturated rings. The van der Waals surface area contributed by atoms with E-state index in [9.17, 15) is 36.3 Å². The Morgan fingerprint density at radius 1 is 0.717 bits per heavy atom. The molecule has 0 aliphatic carbocycles. The van der Waals surface area contributed by atoms with Crippen LogP contribution in [0.1, 0.15) is 17.8 Å². The van der Waals surface area contributed by atoms with Crippen LogP contribution in [0.3, 0.4) is 0 Å². The first-order valence-corrected chi connectivity index (χ1v) is 20.7. The molecule has 1 N–H and O–H groups in total. The minimum atomic E-state index is -5.61. The Hall–Kier alpha value is -5.66. The molecule has 1 aromatic heterocycles. The number of para-hydroxylation sites is 2. The van der Waals surface area contributed by atoms with E-state index in [0.717, 1.165) is 21.5 Å². The number of fused-ring (bicyclic) bond motifs is 4.